The van der Waals surface area contributed by atoms with E-state index in [-0.39, 0.29) is 24.1 Å². The second kappa shape index (κ2) is 7.12. The number of carbonyl (C=O) groups excluding carboxylic acids is 1. The first-order valence-corrected chi connectivity index (χ1v) is 8.67. The summed E-state index contributed by atoms with van der Waals surface area (Å²) in [5.41, 5.74) is 4.88. The molecule has 0 aliphatic heterocycles. The quantitative estimate of drug-likeness (QED) is 0.787. The maximum absolute atomic E-state index is 12.6. The predicted octanol–water partition coefficient (Wildman–Crippen LogP) is 3.20. The monoisotopic (exact) mass is 349 g/mol. The first-order valence-electron chi connectivity index (χ1n) is 8.67. The van der Waals surface area contributed by atoms with Crippen LogP contribution < -0.4 is 10.9 Å². The van der Waals surface area contributed by atoms with Crippen LogP contribution in [0.1, 0.15) is 35.2 Å². The highest BCUT2D eigenvalue weighted by molar-refractivity contribution is 5.79. The van der Waals surface area contributed by atoms with Crippen LogP contribution in [-0.4, -0.2) is 15.5 Å². The van der Waals surface area contributed by atoms with Crippen LogP contribution in [-0.2, 0) is 11.3 Å². The van der Waals surface area contributed by atoms with Crippen molar-refractivity contribution in [2.24, 2.45) is 0 Å². The molecule has 0 aliphatic carbocycles. The summed E-state index contributed by atoms with van der Waals surface area (Å²) in [6, 6.07) is 11.5. The highest BCUT2D eigenvalue weighted by atomic mass is 16.2. The Morgan fingerprint density at radius 2 is 1.88 bits per heavy atom. The lowest BCUT2D eigenvalue weighted by atomic mass is 10.0. The van der Waals surface area contributed by atoms with E-state index in [1.54, 1.807) is 6.07 Å². The average molecular weight is 349 g/mol. The molecule has 5 heteroatoms. The number of hydrogen-bond acceptors (Lipinski definition) is 3. The number of benzene rings is 2. The molecule has 3 aromatic rings. The van der Waals surface area contributed by atoms with Gasteiger partial charge in [-0.15, -0.1) is 0 Å². The third-order valence-corrected chi connectivity index (χ3v) is 4.70. The van der Waals surface area contributed by atoms with Crippen LogP contribution in [0.4, 0.5) is 0 Å². The Balaban J connectivity index is 1.77. The van der Waals surface area contributed by atoms with Gasteiger partial charge in [0.15, 0.2) is 0 Å². The Hall–Kier alpha value is -2.95. The zero-order chi connectivity index (χ0) is 18.8. The fraction of sp³-hybridized carbons (Fsp3) is 0.286. The fourth-order valence-corrected chi connectivity index (χ4v) is 2.94. The van der Waals surface area contributed by atoms with Gasteiger partial charge >= 0.3 is 0 Å². The van der Waals surface area contributed by atoms with Gasteiger partial charge in [0, 0.05) is 0 Å². The van der Waals surface area contributed by atoms with Crippen LogP contribution >= 0.6 is 0 Å². The summed E-state index contributed by atoms with van der Waals surface area (Å²) < 4.78 is 1.35. The highest BCUT2D eigenvalue weighted by Crippen LogP contribution is 2.16. The van der Waals surface area contributed by atoms with Gasteiger partial charge in [-0.25, -0.2) is 4.98 Å². The molecule has 3 rings (SSSR count). The molecule has 0 spiro atoms. The molecule has 134 valence electrons. The second-order valence-corrected chi connectivity index (χ2v) is 6.83. The minimum Gasteiger partial charge on any atom is -0.348 e. The van der Waals surface area contributed by atoms with E-state index in [0.717, 1.165) is 11.1 Å². The molecule has 0 aliphatic rings. The Labute approximate surface area is 152 Å². The first kappa shape index (κ1) is 17.9. The van der Waals surface area contributed by atoms with Crippen molar-refractivity contribution >= 4 is 16.8 Å². The number of aryl methyl sites for hydroxylation is 3. The number of rotatable bonds is 4. The maximum Gasteiger partial charge on any atom is 0.261 e. The van der Waals surface area contributed by atoms with Crippen LogP contribution in [0.15, 0.2) is 47.5 Å². The average Bonchev–Trinajstić information content (AvgIpc) is 2.60. The molecule has 0 saturated carbocycles. The molecule has 1 N–H and O–H groups in total. The smallest absolute Gasteiger partial charge is 0.261 e. The summed E-state index contributed by atoms with van der Waals surface area (Å²) in [5, 5.41) is 3.48. The number of carbonyl (C=O) groups is 1. The third kappa shape index (κ3) is 3.67. The Morgan fingerprint density at radius 1 is 1.12 bits per heavy atom. The molecule has 5 nitrogen and oxygen atoms in total. The number of nitrogens with zero attached hydrogens (tertiary/aromatic N) is 2. The summed E-state index contributed by atoms with van der Waals surface area (Å²) in [7, 11) is 0. The van der Waals surface area contributed by atoms with Crippen molar-refractivity contribution in [3.8, 4) is 0 Å². The minimum absolute atomic E-state index is 0.0507. The molecule has 1 amide bonds. The molecule has 0 saturated heterocycles. The topological polar surface area (TPSA) is 64.0 Å². The van der Waals surface area contributed by atoms with E-state index in [0.29, 0.717) is 10.9 Å². The first-order chi connectivity index (χ1) is 12.3. The van der Waals surface area contributed by atoms with Gasteiger partial charge in [-0.2, -0.15) is 0 Å². The zero-order valence-electron chi connectivity index (χ0n) is 15.5. The molecular formula is C21H23N3O2. The summed E-state index contributed by atoms with van der Waals surface area (Å²) in [6.07, 6.45) is 1.43. The summed E-state index contributed by atoms with van der Waals surface area (Å²) in [4.78, 5) is 29.3. The SMILES string of the molecule is Cc1ccc2ncn(CC(=O)N[C@H](C)c3ccc(C)c(C)c3)c(=O)c2c1. The number of fused-ring (bicyclic) bond motifs is 1. The second-order valence-electron chi connectivity index (χ2n) is 6.83. The lowest BCUT2D eigenvalue weighted by Gasteiger charge is -2.16. The van der Waals surface area contributed by atoms with Gasteiger partial charge in [0.1, 0.15) is 6.54 Å². The van der Waals surface area contributed by atoms with Gasteiger partial charge in [0.2, 0.25) is 5.91 Å². The van der Waals surface area contributed by atoms with Crippen LogP contribution in [0.25, 0.3) is 10.9 Å². The maximum atomic E-state index is 12.6. The van der Waals surface area contributed by atoms with Gasteiger partial charge in [-0.1, -0.05) is 29.8 Å². The molecule has 0 fully saturated rings. The normalized spacial score (nSPS) is 12.2. The molecule has 26 heavy (non-hydrogen) atoms. The van der Waals surface area contributed by atoms with Gasteiger partial charge in [-0.05, 0) is 56.5 Å². The minimum atomic E-state index is -0.216. The number of amides is 1. The van der Waals surface area contributed by atoms with E-state index in [9.17, 15) is 9.59 Å². The van der Waals surface area contributed by atoms with Crippen LogP contribution in [0.2, 0.25) is 0 Å². The lowest BCUT2D eigenvalue weighted by Crippen LogP contribution is -2.34. The van der Waals surface area contributed by atoms with E-state index in [2.05, 4.69) is 30.2 Å². The molecule has 0 unspecified atom stereocenters. The van der Waals surface area contributed by atoms with Crippen molar-refractivity contribution in [1.29, 1.82) is 0 Å². The fourth-order valence-electron chi connectivity index (χ4n) is 2.94. The largest absolute Gasteiger partial charge is 0.348 e. The number of hydrogen-bond donors (Lipinski definition) is 1. The van der Waals surface area contributed by atoms with Crippen molar-refractivity contribution < 1.29 is 4.79 Å². The molecule has 1 aromatic heterocycles. The standard InChI is InChI=1S/C21H23N3O2/c1-13-5-8-19-18(9-13)21(26)24(12-22-19)11-20(25)23-16(4)17-7-6-14(2)15(3)10-17/h5-10,12,16H,11H2,1-4H3,(H,23,25)/t16-/m1/s1. The van der Waals surface area contributed by atoms with Crippen LogP contribution in [0.3, 0.4) is 0 Å². The van der Waals surface area contributed by atoms with E-state index >= 15 is 0 Å². The molecule has 2 aromatic carbocycles. The van der Waals surface area contributed by atoms with E-state index in [4.69, 9.17) is 0 Å². The van der Waals surface area contributed by atoms with E-state index in [1.807, 2.05) is 38.1 Å². The third-order valence-electron chi connectivity index (χ3n) is 4.70. The molecule has 0 bridgehead atoms. The van der Waals surface area contributed by atoms with Gasteiger partial charge in [0.25, 0.3) is 5.56 Å². The molecule has 0 radical (unpaired) electrons. The molecule has 1 atom stereocenters. The van der Waals surface area contributed by atoms with E-state index < -0.39 is 0 Å². The van der Waals surface area contributed by atoms with Crippen molar-refractivity contribution in [3.63, 3.8) is 0 Å². The van der Waals surface area contributed by atoms with Crippen molar-refractivity contribution in [3.05, 3.63) is 75.3 Å². The Bertz CT molecular complexity index is 1040. The van der Waals surface area contributed by atoms with Crippen LogP contribution in [0, 0.1) is 20.8 Å². The van der Waals surface area contributed by atoms with Gasteiger partial charge < -0.3 is 5.32 Å². The predicted molar refractivity (Wildman–Crippen MR) is 103 cm³/mol. The van der Waals surface area contributed by atoms with Gasteiger partial charge in [-0.3, -0.25) is 14.2 Å². The molecule has 1 heterocycles. The Kier molecular flexibility index (Phi) is 4.89. The summed E-state index contributed by atoms with van der Waals surface area (Å²) >= 11 is 0. The zero-order valence-corrected chi connectivity index (χ0v) is 15.5. The van der Waals surface area contributed by atoms with Crippen molar-refractivity contribution in [1.82, 2.24) is 14.9 Å². The van der Waals surface area contributed by atoms with Crippen molar-refractivity contribution in [2.45, 2.75) is 40.3 Å². The molecular weight excluding hydrogens is 326 g/mol. The summed E-state index contributed by atoms with van der Waals surface area (Å²) in [6.45, 7) is 7.92. The van der Waals surface area contributed by atoms with Gasteiger partial charge in [0.05, 0.1) is 23.3 Å². The lowest BCUT2D eigenvalue weighted by molar-refractivity contribution is -0.122. The Morgan fingerprint density at radius 3 is 2.62 bits per heavy atom. The van der Waals surface area contributed by atoms with Crippen molar-refractivity contribution in [2.75, 3.05) is 0 Å². The number of nitrogens with one attached hydrogen (secondary N) is 1. The highest BCUT2D eigenvalue weighted by Gasteiger charge is 2.12. The van der Waals surface area contributed by atoms with Crippen LogP contribution in [0.5, 0.6) is 0 Å². The number of aromatic nitrogens is 2. The summed E-state index contributed by atoms with van der Waals surface area (Å²) in [5.74, 6) is -0.216. The van der Waals surface area contributed by atoms with E-state index in [1.165, 1.54) is 22.0 Å².